The number of carboxylic acid groups (broad SMARTS) is 1. The SMILES string of the molecule is C#CCN(CC(=O)O)CC(=O)NCCc1cccs1. The molecule has 1 rings (SSSR count). The molecule has 0 saturated heterocycles. The molecule has 0 aliphatic heterocycles. The van der Waals surface area contributed by atoms with E-state index in [9.17, 15) is 9.59 Å². The molecule has 0 bridgehead atoms. The molecule has 0 aliphatic rings. The van der Waals surface area contributed by atoms with Crippen molar-refractivity contribution in [3.63, 3.8) is 0 Å². The summed E-state index contributed by atoms with van der Waals surface area (Å²) in [5.74, 6) is 1.13. The van der Waals surface area contributed by atoms with Crippen molar-refractivity contribution < 1.29 is 14.7 Å². The molecule has 1 aromatic rings. The van der Waals surface area contributed by atoms with E-state index in [1.165, 1.54) is 9.78 Å². The standard InChI is InChI=1S/C13H16N2O3S/c1-2-7-15(10-13(17)18)9-12(16)14-6-5-11-4-3-8-19-11/h1,3-4,8H,5-7,9-10H2,(H,14,16)(H,17,18). The summed E-state index contributed by atoms with van der Waals surface area (Å²) >= 11 is 1.64. The molecule has 0 unspecified atom stereocenters. The van der Waals surface area contributed by atoms with Gasteiger partial charge in [-0.15, -0.1) is 17.8 Å². The Morgan fingerprint density at radius 3 is 2.84 bits per heavy atom. The third-order valence-corrected chi connectivity index (χ3v) is 3.25. The second kappa shape index (κ2) is 8.29. The van der Waals surface area contributed by atoms with E-state index >= 15 is 0 Å². The summed E-state index contributed by atoms with van der Waals surface area (Å²) in [5, 5.41) is 13.4. The van der Waals surface area contributed by atoms with Crippen LogP contribution in [0.3, 0.4) is 0 Å². The van der Waals surface area contributed by atoms with Crippen molar-refractivity contribution in [2.45, 2.75) is 6.42 Å². The molecule has 0 spiro atoms. The van der Waals surface area contributed by atoms with Gasteiger partial charge in [-0.25, -0.2) is 0 Å². The number of nitrogens with zero attached hydrogens (tertiary/aromatic N) is 1. The zero-order valence-electron chi connectivity index (χ0n) is 10.5. The number of hydrogen-bond donors (Lipinski definition) is 2. The number of terminal acetylenes is 1. The van der Waals surface area contributed by atoms with Crippen molar-refractivity contribution in [2.75, 3.05) is 26.2 Å². The number of hydrogen-bond acceptors (Lipinski definition) is 4. The predicted octanol–water partition coefficient (Wildman–Crippen LogP) is 0.427. The van der Waals surface area contributed by atoms with Gasteiger partial charge in [0.05, 0.1) is 19.6 Å². The largest absolute Gasteiger partial charge is 0.480 e. The molecule has 0 saturated carbocycles. The first-order valence-corrected chi connectivity index (χ1v) is 6.66. The van der Waals surface area contributed by atoms with Crippen molar-refractivity contribution >= 4 is 23.2 Å². The molecule has 19 heavy (non-hydrogen) atoms. The Labute approximate surface area is 116 Å². The molecule has 0 aromatic carbocycles. The number of rotatable bonds is 8. The van der Waals surface area contributed by atoms with E-state index in [1.54, 1.807) is 11.3 Å². The summed E-state index contributed by atoms with van der Waals surface area (Å²) in [5.41, 5.74) is 0. The lowest BCUT2D eigenvalue weighted by molar-refractivity contribution is -0.138. The Morgan fingerprint density at radius 1 is 1.47 bits per heavy atom. The molecule has 0 aliphatic carbocycles. The van der Waals surface area contributed by atoms with Gasteiger partial charge in [0.25, 0.3) is 0 Å². The predicted molar refractivity (Wildman–Crippen MR) is 73.9 cm³/mol. The maximum Gasteiger partial charge on any atom is 0.317 e. The van der Waals surface area contributed by atoms with Crippen LogP contribution in [-0.4, -0.2) is 48.1 Å². The first-order chi connectivity index (χ1) is 9.11. The third-order valence-electron chi connectivity index (χ3n) is 2.31. The molecule has 1 amide bonds. The minimum Gasteiger partial charge on any atom is -0.480 e. The van der Waals surface area contributed by atoms with Gasteiger partial charge in [-0.3, -0.25) is 14.5 Å². The fourth-order valence-corrected chi connectivity index (χ4v) is 2.24. The smallest absolute Gasteiger partial charge is 0.317 e. The molecule has 2 N–H and O–H groups in total. The zero-order valence-corrected chi connectivity index (χ0v) is 11.3. The number of carbonyl (C=O) groups is 2. The number of nitrogens with one attached hydrogen (secondary N) is 1. The van der Waals surface area contributed by atoms with Crippen molar-refractivity contribution in [3.05, 3.63) is 22.4 Å². The van der Waals surface area contributed by atoms with Crippen LogP contribution in [0.2, 0.25) is 0 Å². The molecule has 0 atom stereocenters. The first-order valence-electron chi connectivity index (χ1n) is 5.78. The number of aliphatic carboxylic acids is 1. The summed E-state index contributed by atoms with van der Waals surface area (Å²) in [6.07, 6.45) is 5.91. The normalized spacial score (nSPS) is 10.1. The monoisotopic (exact) mass is 280 g/mol. The quantitative estimate of drug-likeness (QED) is 0.677. The van der Waals surface area contributed by atoms with Crippen molar-refractivity contribution in [1.82, 2.24) is 10.2 Å². The molecule has 0 radical (unpaired) electrons. The topological polar surface area (TPSA) is 69.6 Å². The lowest BCUT2D eigenvalue weighted by atomic mass is 10.3. The Hall–Kier alpha value is -1.84. The average molecular weight is 280 g/mol. The van der Waals surface area contributed by atoms with Gasteiger partial charge in [-0.05, 0) is 17.9 Å². The van der Waals surface area contributed by atoms with Crippen LogP contribution >= 0.6 is 11.3 Å². The van der Waals surface area contributed by atoms with Gasteiger partial charge in [0.2, 0.25) is 5.91 Å². The molecular formula is C13H16N2O3S. The van der Waals surface area contributed by atoms with Crippen LogP contribution in [0.25, 0.3) is 0 Å². The Morgan fingerprint density at radius 2 is 2.26 bits per heavy atom. The van der Waals surface area contributed by atoms with Gasteiger partial charge in [-0.1, -0.05) is 12.0 Å². The third kappa shape index (κ3) is 6.60. The number of carboxylic acids is 1. The highest BCUT2D eigenvalue weighted by molar-refractivity contribution is 7.09. The fraction of sp³-hybridized carbons (Fsp3) is 0.385. The van der Waals surface area contributed by atoms with E-state index in [-0.39, 0.29) is 25.5 Å². The summed E-state index contributed by atoms with van der Waals surface area (Å²) < 4.78 is 0. The second-order valence-corrected chi connectivity index (χ2v) is 4.95. The van der Waals surface area contributed by atoms with Crippen molar-refractivity contribution in [1.29, 1.82) is 0 Å². The van der Waals surface area contributed by atoms with Crippen LogP contribution in [0, 0.1) is 12.3 Å². The van der Waals surface area contributed by atoms with Crippen LogP contribution in [-0.2, 0) is 16.0 Å². The minimum absolute atomic E-state index is 0.000933. The lowest BCUT2D eigenvalue weighted by Gasteiger charge is -2.16. The number of thiophene rings is 1. The molecule has 5 nitrogen and oxygen atoms in total. The van der Waals surface area contributed by atoms with Crippen LogP contribution < -0.4 is 5.32 Å². The van der Waals surface area contributed by atoms with E-state index in [0.29, 0.717) is 6.54 Å². The van der Waals surface area contributed by atoms with E-state index < -0.39 is 5.97 Å². The lowest BCUT2D eigenvalue weighted by Crippen LogP contribution is -2.40. The first kappa shape index (κ1) is 15.2. The molecule has 1 heterocycles. The summed E-state index contributed by atoms with van der Waals surface area (Å²) in [4.78, 5) is 24.8. The van der Waals surface area contributed by atoms with Gasteiger partial charge < -0.3 is 10.4 Å². The molecular weight excluding hydrogens is 264 g/mol. The van der Waals surface area contributed by atoms with Crippen LogP contribution in [0.4, 0.5) is 0 Å². The minimum atomic E-state index is -0.998. The molecule has 102 valence electrons. The van der Waals surface area contributed by atoms with Gasteiger partial charge in [0.1, 0.15) is 0 Å². The highest BCUT2D eigenvalue weighted by Gasteiger charge is 2.12. The van der Waals surface area contributed by atoms with Gasteiger partial charge >= 0.3 is 5.97 Å². The van der Waals surface area contributed by atoms with E-state index in [1.807, 2.05) is 17.5 Å². The Kier molecular flexibility index (Phi) is 6.64. The van der Waals surface area contributed by atoms with Gasteiger partial charge in [0, 0.05) is 11.4 Å². The van der Waals surface area contributed by atoms with Crippen LogP contribution in [0.5, 0.6) is 0 Å². The molecule has 0 fully saturated rings. The fourth-order valence-electron chi connectivity index (χ4n) is 1.53. The van der Waals surface area contributed by atoms with Crippen molar-refractivity contribution in [2.24, 2.45) is 0 Å². The molecule has 1 aromatic heterocycles. The maximum absolute atomic E-state index is 11.6. The number of amides is 1. The Bertz CT molecular complexity index is 451. The maximum atomic E-state index is 11.6. The highest BCUT2D eigenvalue weighted by Crippen LogP contribution is 2.07. The van der Waals surface area contributed by atoms with E-state index in [0.717, 1.165) is 6.42 Å². The van der Waals surface area contributed by atoms with E-state index in [2.05, 4.69) is 11.2 Å². The van der Waals surface area contributed by atoms with E-state index in [4.69, 9.17) is 11.5 Å². The summed E-state index contributed by atoms with van der Waals surface area (Å²) in [6.45, 7) is 0.449. The number of carbonyl (C=O) groups excluding carboxylic acids is 1. The highest BCUT2D eigenvalue weighted by atomic mass is 32.1. The van der Waals surface area contributed by atoms with Gasteiger partial charge in [0.15, 0.2) is 0 Å². The summed E-state index contributed by atoms with van der Waals surface area (Å²) in [7, 11) is 0. The summed E-state index contributed by atoms with van der Waals surface area (Å²) in [6, 6.07) is 3.97. The van der Waals surface area contributed by atoms with Crippen LogP contribution in [0.1, 0.15) is 4.88 Å². The second-order valence-electron chi connectivity index (χ2n) is 3.92. The van der Waals surface area contributed by atoms with Gasteiger partial charge in [-0.2, -0.15) is 0 Å². The zero-order chi connectivity index (χ0) is 14.1. The molecule has 6 heteroatoms. The Balaban J connectivity index is 2.28. The average Bonchev–Trinajstić information content (AvgIpc) is 2.81. The van der Waals surface area contributed by atoms with Crippen molar-refractivity contribution in [3.8, 4) is 12.3 Å². The van der Waals surface area contributed by atoms with Crippen LogP contribution in [0.15, 0.2) is 17.5 Å².